The van der Waals surface area contributed by atoms with E-state index in [0.29, 0.717) is 19.3 Å². The number of allylic oxidation sites excluding steroid dienone is 4. The number of unbranched alkanes of at least 4 members (excludes halogenated alkanes) is 52. The van der Waals surface area contributed by atoms with E-state index in [0.717, 1.165) is 64.2 Å². The standard InChI is InChI=1S/C73H138O6/c1-4-7-10-13-16-19-22-25-28-31-33-35-36-37-39-40-42-45-48-51-54-57-60-63-66-72(75)78-69-70(68-77-71(74)65-62-59-56-53-50-47-44-30-27-24-21-18-15-12-9-6-3)79-73(76)67-64-61-58-55-52-49-46-43-41-38-34-32-29-26-23-20-17-14-11-8-5-2/h23,26,32,34,70H,4-22,24-25,27-31,33,35-69H2,1-3H3/b26-23-,34-32-. The Morgan fingerprint density at radius 2 is 0.456 bits per heavy atom. The van der Waals surface area contributed by atoms with Crippen molar-refractivity contribution in [1.82, 2.24) is 0 Å². The Bertz CT molecular complexity index is 1270. The van der Waals surface area contributed by atoms with Crippen LogP contribution in [0, 0.1) is 0 Å². The van der Waals surface area contributed by atoms with E-state index >= 15 is 0 Å². The lowest BCUT2D eigenvalue weighted by Crippen LogP contribution is -2.30. The molecule has 0 fully saturated rings. The molecular formula is C73H138O6. The van der Waals surface area contributed by atoms with Gasteiger partial charge in [-0.2, -0.15) is 0 Å². The lowest BCUT2D eigenvalue weighted by atomic mass is 10.0. The molecular weight excluding hydrogens is 973 g/mol. The van der Waals surface area contributed by atoms with E-state index in [-0.39, 0.29) is 31.1 Å². The molecule has 0 aromatic carbocycles. The Kier molecular flexibility index (Phi) is 66.6. The quantitative estimate of drug-likeness (QED) is 0.0261. The Labute approximate surface area is 493 Å². The molecule has 0 bridgehead atoms. The van der Waals surface area contributed by atoms with Crippen LogP contribution in [0.15, 0.2) is 24.3 Å². The van der Waals surface area contributed by atoms with Crippen molar-refractivity contribution in [1.29, 1.82) is 0 Å². The fourth-order valence-electron chi connectivity index (χ4n) is 11.1. The normalized spacial score (nSPS) is 12.1. The average Bonchev–Trinajstić information content (AvgIpc) is 3.45. The van der Waals surface area contributed by atoms with Crippen LogP contribution >= 0.6 is 0 Å². The second-order valence-corrected chi connectivity index (χ2v) is 24.5. The second kappa shape index (κ2) is 68.4. The van der Waals surface area contributed by atoms with Gasteiger partial charge in [-0.1, -0.05) is 360 Å². The number of carbonyl (C=O) groups is 3. The molecule has 0 saturated heterocycles. The second-order valence-electron chi connectivity index (χ2n) is 24.5. The first-order valence-corrected chi connectivity index (χ1v) is 35.8. The molecule has 0 aliphatic rings. The van der Waals surface area contributed by atoms with Crippen LogP contribution in [0.1, 0.15) is 406 Å². The van der Waals surface area contributed by atoms with Crippen LogP contribution in [0.5, 0.6) is 0 Å². The van der Waals surface area contributed by atoms with Crippen molar-refractivity contribution in [3.8, 4) is 0 Å². The molecule has 0 aliphatic carbocycles. The van der Waals surface area contributed by atoms with E-state index in [4.69, 9.17) is 14.2 Å². The molecule has 0 saturated carbocycles. The maximum Gasteiger partial charge on any atom is 0.306 e. The van der Waals surface area contributed by atoms with Crippen LogP contribution in [-0.4, -0.2) is 37.2 Å². The molecule has 6 heteroatoms. The molecule has 0 amide bonds. The molecule has 0 aromatic rings. The largest absolute Gasteiger partial charge is 0.462 e. The van der Waals surface area contributed by atoms with Crippen molar-refractivity contribution < 1.29 is 28.6 Å². The summed E-state index contributed by atoms with van der Waals surface area (Å²) < 4.78 is 17.0. The van der Waals surface area contributed by atoms with Gasteiger partial charge < -0.3 is 14.2 Å². The van der Waals surface area contributed by atoms with Crippen molar-refractivity contribution >= 4 is 17.9 Å². The number of carbonyl (C=O) groups excluding carboxylic acids is 3. The molecule has 1 atom stereocenters. The lowest BCUT2D eigenvalue weighted by molar-refractivity contribution is -0.167. The number of hydrogen-bond donors (Lipinski definition) is 0. The first-order chi connectivity index (χ1) is 39.0. The smallest absolute Gasteiger partial charge is 0.306 e. The predicted octanol–water partition coefficient (Wildman–Crippen LogP) is 24.6. The molecule has 79 heavy (non-hydrogen) atoms. The zero-order valence-electron chi connectivity index (χ0n) is 53.7. The highest BCUT2D eigenvalue weighted by atomic mass is 16.6. The number of hydrogen-bond acceptors (Lipinski definition) is 6. The third-order valence-corrected chi connectivity index (χ3v) is 16.5. The molecule has 0 radical (unpaired) electrons. The van der Waals surface area contributed by atoms with Crippen LogP contribution in [0.2, 0.25) is 0 Å². The molecule has 0 heterocycles. The summed E-state index contributed by atoms with van der Waals surface area (Å²) in [5, 5.41) is 0. The lowest BCUT2D eigenvalue weighted by Gasteiger charge is -2.18. The summed E-state index contributed by atoms with van der Waals surface area (Å²) in [7, 11) is 0. The van der Waals surface area contributed by atoms with Crippen LogP contribution < -0.4 is 0 Å². The highest BCUT2D eigenvalue weighted by Gasteiger charge is 2.19. The minimum atomic E-state index is -0.771. The third kappa shape index (κ3) is 66.6. The van der Waals surface area contributed by atoms with Gasteiger partial charge in [0, 0.05) is 19.3 Å². The van der Waals surface area contributed by atoms with Crippen molar-refractivity contribution in [3.63, 3.8) is 0 Å². The van der Waals surface area contributed by atoms with Crippen molar-refractivity contribution in [2.75, 3.05) is 13.2 Å². The summed E-state index contributed by atoms with van der Waals surface area (Å²) in [5.74, 6) is -0.835. The zero-order valence-corrected chi connectivity index (χ0v) is 53.7. The van der Waals surface area contributed by atoms with Gasteiger partial charge in [-0.25, -0.2) is 0 Å². The Hall–Kier alpha value is -2.11. The van der Waals surface area contributed by atoms with Crippen LogP contribution in [0.4, 0.5) is 0 Å². The summed E-state index contributed by atoms with van der Waals surface area (Å²) in [5.41, 5.74) is 0. The molecule has 6 nitrogen and oxygen atoms in total. The molecule has 0 spiro atoms. The fraction of sp³-hybridized carbons (Fsp3) is 0.904. The van der Waals surface area contributed by atoms with E-state index < -0.39 is 6.10 Å². The van der Waals surface area contributed by atoms with Gasteiger partial charge in [0.15, 0.2) is 6.10 Å². The zero-order chi connectivity index (χ0) is 57.1. The summed E-state index contributed by atoms with van der Waals surface area (Å²) in [4.78, 5) is 38.5. The Balaban J connectivity index is 4.27. The first kappa shape index (κ1) is 76.9. The van der Waals surface area contributed by atoms with Gasteiger partial charge in [0.2, 0.25) is 0 Å². The van der Waals surface area contributed by atoms with Gasteiger partial charge in [-0.15, -0.1) is 0 Å². The topological polar surface area (TPSA) is 78.9 Å². The Morgan fingerprint density at radius 1 is 0.253 bits per heavy atom. The minimum absolute atomic E-state index is 0.0662. The maximum atomic E-state index is 13.0. The SMILES string of the molecule is CCCCCCC/C=C\C/C=C\CCCCCCCCCCCC(=O)OC(COC(=O)CCCCCCCCCCCCCCCCCC)COC(=O)CCCCCCCCCCCCCCCCCCCCCCCCCC. The van der Waals surface area contributed by atoms with Gasteiger partial charge in [0.1, 0.15) is 13.2 Å². The average molecular weight is 1110 g/mol. The third-order valence-electron chi connectivity index (χ3n) is 16.5. The summed E-state index contributed by atoms with van der Waals surface area (Å²) >= 11 is 0. The minimum Gasteiger partial charge on any atom is -0.462 e. The van der Waals surface area contributed by atoms with E-state index in [2.05, 4.69) is 45.1 Å². The molecule has 0 N–H and O–H groups in total. The van der Waals surface area contributed by atoms with Crippen molar-refractivity contribution in [3.05, 3.63) is 24.3 Å². The van der Waals surface area contributed by atoms with Crippen LogP contribution in [-0.2, 0) is 28.6 Å². The molecule has 0 aromatic heterocycles. The van der Waals surface area contributed by atoms with Crippen molar-refractivity contribution in [2.45, 2.75) is 412 Å². The van der Waals surface area contributed by atoms with Gasteiger partial charge in [0.25, 0.3) is 0 Å². The van der Waals surface area contributed by atoms with E-state index in [1.165, 1.54) is 302 Å². The van der Waals surface area contributed by atoms with E-state index in [1.807, 2.05) is 0 Å². The maximum absolute atomic E-state index is 13.0. The van der Waals surface area contributed by atoms with Gasteiger partial charge in [-0.3, -0.25) is 14.4 Å². The van der Waals surface area contributed by atoms with Crippen LogP contribution in [0.3, 0.4) is 0 Å². The monoisotopic (exact) mass is 1110 g/mol. The molecule has 466 valence electrons. The first-order valence-electron chi connectivity index (χ1n) is 35.8. The van der Waals surface area contributed by atoms with Gasteiger partial charge in [0.05, 0.1) is 0 Å². The van der Waals surface area contributed by atoms with Gasteiger partial charge in [-0.05, 0) is 51.4 Å². The summed E-state index contributed by atoms with van der Waals surface area (Å²) in [6.07, 6.45) is 83.5. The number of ether oxygens (including phenoxy) is 3. The number of esters is 3. The van der Waals surface area contributed by atoms with E-state index in [1.54, 1.807) is 0 Å². The highest BCUT2D eigenvalue weighted by molar-refractivity contribution is 5.71. The molecule has 0 rings (SSSR count). The number of rotatable bonds is 67. The highest BCUT2D eigenvalue weighted by Crippen LogP contribution is 2.19. The van der Waals surface area contributed by atoms with Crippen LogP contribution in [0.25, 0.3) is 0 Å². The molecule has 0 aliphatic heterocycles. The summed E-state index contributed by atoms with van der Waals surface area (Å²) in [6.45, 7) is 6.72. The Morgan fingerprint density at radius 3 is 0.696 bits per heavy atom. The predicted molar refractivity (Wildman–Crippen MR) is 344 cm³/mol. The summed E-state index contributed by atoms with van der Waals surface area (Å²) in [6, 6.07) is 0. The van der Waals surface area contributed by atoms with Gasteiger partial charge >= 0.3 is 17.9 Å². The van der Waals surface area contributed by atoms with Crippen molar-refractivity contribution in [2.24, 2.45) is 0 Å². The molecule has 1 unspecified atom stereocenters. The fourth-order valence-corrected chi connectivity index (χ4v) is 11.1. The van der Waals surface area contributed by atoms with E-state index in [9.17, 15) is 14.4 Å².